The third-order valence-corrected chi connectivity index (χ3v) is 3.94. The molecule has 1 aliphatic carbocycles. The number of carbonyl (C=O) groups is 4. The number of Topliss-reactive ketones (excluding diaryl/α,β-unsaturated/α-hetero) is 1. The molecule has 27 heavy (non-hydrogen) atoms. The molecule has 1 unspecified atom stereocenters. The fourth-order valence-electron chi connectivity index (χ4n) is 2.40. The van der Waals surface area contributed by atoms with Crippen LogP contribution in [0.15, 0.2) is 0 Å². The van der Waals surface area contributed by atoms with Crippen LogP contribution in [0.4, 0.5) is 18.0 Å². The number of ketones is 1. The normalized spacial score (nSPS) is 18.6. The van der Waals surface area contributed by atoms with E-state index in [1.165, 1.54) is 12.4 Å². The molecule has 1 aliphatic rings. The molecule has 0 spiro atoms. The van der Waals surface area contributed by atoms with Crippen molar-refractivity contribution in [3.8, 4) is 0 Å². The van der Waals surface area contributed by atoms with E-state index in [4.69, 9.17) is 9.47 Å². The SMILES string of the molecule is CC(C)C(OC(=O)CNC(=O)C(F)(F)F)OC(=O)N(C)[C@@H]1CCCCC1=O. The molecule has 1 N–H and O–H groups in total. The molecule has 1 fully saturated rings. The predicted octanol–water partition coefficient (Wildman–Crippen LogP) is 1.77. The van der Waals surface area contributed by atoms with Gasteiger partial charge in [-0.05, 0) is 12.8 Å². The Morgan fingerprint density at radius 2 is 1.85 bits per heavy atom. The summed E-state index contributed by atoms with van der Waals surface area (Å²) < 4.78 is 46.2. The maximum absolute atomic E-state index is 12.2. The second-order valence-electron chi connectivity index (χ2n) is 6.51. The largest absolute Gasteiger partial charge is 0.471 e. The lowest BCUT2D eigenvalue weighted by Gasteiger charge is -2.31. The average molecular weight is 396 g/mol. The monoisotopic (exact) mass is 396 g/mol. The summed E-state index contributed by atoms with van der Waals surface area (Å²) in [6.07, 6.45) is -4.98. The minimum absolute atomic E-state index is 0.0892. The Morgan fingerprint density at radius 1 is 1.22 bits per heavy atom. The zero-order chi connectivity index (χ0) is 20.8. The molecule has 0 aromatic carbocycles. The zero-order valence-electron chi connectivity index (χ0n) is 15.3. The van der Waals surface area contributed by atoms with Crippen LogP contribution in [0.2, 0.25) is 0 Å². The quantitative estimate of drug-likeness (QED) is 0.542. The van der Waals surface area contributed by atoms with Gasteiger partial charge in [-0.25, -0.2) is 4.79 Å². The number of halogens is 3. The summed E-state index contributed by atoms with van der Waals surface area (Å²) in [6.45, 7) is 2.09. The molecule has 0 aliphatic heterocycles. The van der Waals surface area contributed by atoms with Gasteiger partial charge in [-0.15, -0.1) is 0 Å². The lowest BCUT2D eigenvalue weighted by atomic mass is 9.93. The number of carbonyl (C=O) groups excluding carboxylic acids is 4. The van der Waals surface area contributed by atoms with Crippen molar-refractivity contribution < 1.29 is 41.8 Å². The van der Waals surface area contributed by atoms with Crippen molar-refractivity contribution in [2.45, 2.75) is 58.0 Å². The number of hydrogen-bond acceptors (Lipinski definition) is 6. The lowest BCUT2D eigenvalue weighted by Crippen LogP contribution is -2.46. The van der Waals surface area contributed by atoms with Gasteiger partial charge in [0.15, 0.2) is 5.78 Å². The highest BCUT2D eigenvalue weighted by atomic mass is 19.4. The van der Waals surface area contributed by atoms with Crippen LogP contribution in [0.1, 0.15) is 39.5 Å². The van der Waals surface area contributed by atoms with Gasteiger partial charge in [-0.2, -0.15) is 13.2 Å². The van der Waals surface area contributed by atoms with E-state index >= 15 is 0 Å². The van der Waals surface area contributed by atoms with Gasteiger partial charge in [0.25, 0.3) is 6.29 Å². The van der Waals surface area contributed by atoms with E-state index in [9.17, 15) is 32.3 Å². The third kappa shape index (κ3) is 7.06. The number of esters is 1. The number of amides is 2. The first-order chi connectivity index (χ1) is 12.4. The van der Waals surface area contributed by atoms with Crippen LogP contribution in [0, 0.1) is 5.92 Å². The third-order valence-electron chi connectivity index (χ3n) is 3.94. The first-order valence-electron chi connectivity index (χ1n) is 8.44. The van der Waals surface area contributed by atoms with Gasteiger partial charge >= 0.3 is 24.1 Å². The highest BCUT2D eigenvalue weighted by Gasteiger charge is 2.39. The summed E-state index contributed by atoms with van der Waals surface area (Å²) in [5.41, 5.74) is 0. The number of nitrogens with one attached hydrogen (secondary N) is 1. The van der Waals surface area contributed by atoms with Crippen LogP contribution in [-0.4, -0.2) is 60.8 Å². The second kappa shape index (κ2) is 9.56. The lowest BCUT2D eigenvalue weighted by molar-refractivity contribution is -0.181. The van der Waals surface area contributed by atoms with Gasteiger partial charge in [0.05, 0.1) is 6.04 Å². The summed E-state index contributed by atoms with van der Waals surface area (Å²) in [5, 5.41) is 1.37. The van der Waals surface area contributed by atoms with Crippen LogP contribution in [0.5, 0.6) is 0 Å². The van der Waals surface area contributed by atoms with E-state index in [-0.39, 0.29) is 5.78 Å². The van der Waals surface area contributed by atoms with Crippen LogP contribution >= 0.6 is 0 Å². The zero-order valence-corrected chi connectivity index (χ0v) is 15.3. The molecule has 2 atom stereocenters. The molecule has 1 saturated carbocycles. The average Bonchev–Trinajstić information content (AvgIpc) is 2.57. The van der Waals surface area contributed by atoms with E-state index < -0.39 is 48.9 Å². The Labute approximate surface area is 154 Å². The highest BCUT2D eigenvalue weighted by molar-refractivity contribution is 5.88. The van der Waals surface area contributed by atoms with E-state index in [0.717, 1.165) is 17.7 Å². The van der Waals surface area contributed by atoms with E-state index in [2.05, 4.69) is 0 Å². The molecule has 2 amide bonds. The van der Waals surface area contributed by atoms with Crippen molar-refractivity contribution in [3.05, 3.63) is 0 Å². The standard InChI is InChI=1S/C16H23F3N2O6/c1-9(2)13(26-12(23)8-20-14(24)16(17,18)19)27-15(25)21(3)10-6-4-5-7-11(10)22/h9-10,13H,4-8H2,1-3H3,(H,20,24)/t10-,13?/m1/s1. The van der Waals surface area contributed by atoms with Crippen LogP contribution in [-0.2, 0) is 23.9 Å². The maximum Gasteiger partial charge on any atom is 0.471 e. The molecule has 0 aromatic heterocycles. The second-order valence-corrected chi connectivity index (χ2v) is 6.51. The Balaban J connectivity index is 2.59. The van der Waals surface area contributed by atoms with Crippen molar-refractivity contribution in [2.75, 3.05) is 13.6 Å². The summed E-state index contributed by atoms with van der Waals surface area (Å²) >= 11 is 0. The number of alkyl halides is 3. The fourth-order valence-corrected chi connectivity index (χ4v) is 2.40. The Hall–Kier alpha value is -2.33. The van der Waals surface area contributed by atoms with Crippen molar-refractivity contribution in [1.29, 1.82) is 0 Å². The number of rotatable bonds is 6. The maximum atomic E-state index is 12.2. The Kier molecular flexibility index (Phi) is 8.04. The Bertz CT molecular complexity index is 579. The number of hydrogen-bond donors (Lipinski definition) is 1. The summed E-state index contributed by atoms with van der Waals surface area (Å²) in [7, 11) is 1.39. The number of likely N-dealkylation sites (N-methyl/N-ethyl adjacent to an activating group) is 1. The van der Waals surface area contributed by atoms with Gasteiger partial charge < -0.3 is 19.7 Å². The van der Waals surface area contributed by atoms with Gasteiger partial charge in [-0.3, -0.25) is 14.4 Å². The number of ether oxygens (including phenoxy) is 2. The van der Waals surface area contributed by atoms with Crippen molar-refractivity contribution >= 4 is 23.8 Å². The molecule has 1 rings (SSSR count). The first-order valence-corrected chi connectivity index (χ1v) is 8.44. The number of nitrogens with zero attached hydrogens (tertiary/aromatic N) is 1. The van der Waals surface area contributed by atoms with Gasteiger partial charge in [0.1, 0.15) is 6.54 Å². The van der Waals surface area contributed by atoms with Crippen molar-refractivity contribution in [2.24, 2.45) is 5.92 Å². The highest BCUT2D eigenvalue weighted by Crippen LogP contribution is 2.20. The van der Waals surface area contributed by atoms with Gasteiger partial charge in [-0.1, -0.05) is 20.3 Å². The Morgan fingerprint density at radius 3 is 2.37 bits per heavy atom. The molecule has 0 aromatic rings. The molecular weight excluding hydrogens is 373 g/mol. The summed E-state index contributed by atoms with van der Waals surface area (Å²) in [6, 6.07) is -0.624. The minimum Gasteiger partial charge on any atom is -0.423 e. The van der Waals surface area contributed by atoms with Gasteiger partial charge in [0.2, 0.25) is 0 Å². The smallest absolute Gasteiger partial charge is 0.423 e. The van der Waals surface area contributed by atoms with E-state index in [1.54, 1.807) is 13.8 Å². The van der Waals surface area contributed by atoms with Gasteiger partial charge in [0, 0.05) is 19.4 Å². The molecule has 154 valence electrons. The molecule has 0 heterocycles. The topological polar surface area (TPSA) is 102 Å². The summed E-state index contributed by atoms with van der Waals surface area (Å²) in [4.78, 5) is 47.6. The molecule has 0 radical (unpaired) electrons. The first kappa shape index (κ1) is 22.7. The molecule has 11 heteroatoms. The van der Waals surface area contributed by atoms with E-state index in [1.807, 2.05) is 0 Å². The van der Waals surface area contributed by atoms with Crippen LogP contribution in [0.25, 0.3) is 0 Å². The predicted molar refractivity (Wildman–Crippen MR) is 85.3 cm³/mol. The van der Waals surface area contributed by atoms with Crippen LogP contribution < -0.4 is 5.32 Å². The fraction of sp³-hybridized carbons (Fsp3) is 0.750. The van der Waals surface area contributed by atoms with E-state index in [0.29, 0.717) is 12.8 Å². The molecule has 8 nitrogen and oxygen atoms in total. The molecular formula is C16H23F3N2O6. The van der Waals surface area contributed by atoms with Crippen molar-refractivity contribution in [1.82, 2.24) is 10.2 Å². The molecule has 0 bridgehead atoms. The molecule has 0 saturated heterocycles. The van der Waals surface area contributed by atoms with Crippen molar-refractivity contribution in [3.63, 3.8) is 0 Å². The van der Waals surface area contributed by atoms with Crippen LogP contribution in [0.3, 0.4) is 0 Å². The minimum atomic E-state index is -5.13. The summed E-state index contributed by atoms with van der Waals surface area (Å²) in [5.74, 6) is -4.08.